The van der Waals surface area contributed by atoms with Crippen LogP contribution in [0.3, 0.4) is 0 Å². The Kier molecular flexibility index (Phi) is 7.46. The summed E-state index contributed by atoms with van der Waals surface area (Å²) >= 11 is 0. The molecule has 0 radical (unpaired) electrons. The molecule has 3 aromatic rings. The van der Waals surface area contributed by atoms with Gasteiger partial charge >= 0.3 is 0 Å². The summed E-state index contributed by atoms with van der Waals surface area (Å²) < 4.78 is 5.77. The van der Waals surface area contributed by atoms with Gasteiger partial charge in [0.25, 0.3) is 0 Å². The van der Waals surface area contributed by atoms with Crippen LogP contribution in [-0.2, 0) is 4.79 Å². The SMILES string of the molecule is Cc1ccc([C@H](NC(=O)C2CCN(CCOc3ccncc3)CC2)c2ccccn2)cc1. The molecule has 0 unspecified atom stereocenters. The molecule has 1 aromatic carbocycles. The highest BCUT2D eigenvalue weighted by molar-refractivity contribution is 5.79. The molecule has 0 spiro atoms. The lowest BCUT2D eigenvalue weighted by atomic mass is 9.94. The van der Waals surface area contributed by atoms with Gasteiger partial charge in [-0.15, -0.1) is 0 Å². The normalized spacial score (nSPS) is 15.8. The van der Waals surface area contributed by atoms with E-state index in [0.717, 1.165) is 49.5 Å². The molecular formula is C26H30N4O2. The number of carbonyl (C=O) groups excluding carboxylic acids is 1. The molecule has 0 saturated carbocycles. The minimum Gasteiger partial charge on any atom is -0.492 e. The van der Waals surface area contributed by atoms with E-state index in [4.69, 9.17) is 4.74 Å². The Bertz CT molecular complexity index is 972. The maximum atomic E-state index is 13.1. The fourth-order valence-corrected chi connectivity index (χ4v) is 4.04. The zero-order valence-corrected chi connectivity index (χ0v) is 18.5. The number of amides is 1. The lowest BCUT2D eigenvalue weighted by Gasteiger charge is -2.32. The number of nitrogens with one attached hydrogen (secondary N) is 1. The smallest absolute Gasteiger partial charge is 0.224 e. The Morgan fingerprint density at radius 1 is 1.06 bits per heavy atom. The summed E-state index contributed by atoms with van der Waals surface area (Å²) in [7, 11) is 0. The third-order valence-corrected chi connectivity index (χ3v) is 5.97. The molecular weight excluding hydrogens is 400 g/mol. The topological polar surface area (TPSA) is 67.4 Å². The van der Waals surface area contributed by atoms with Gasteiger partial charge in [0.15, 0.2) is 0 Å². The van der Waals surface area contributed by atoms with Crippen LogP contribution in [0.25, 0.3) is 0 Å². The highest BCUT2D eigenvalue weighted by atomic mass is 16.5. The third kappa shape index (κ3) is 5.92. The fraction of sp³-hybridized carbons (Fsp3) is 0.346. The number of carbonyl (C=O) groups is 1. The lowest BCUT2D eigenvalue weighted by molar-refractivity contribution is -0.127. The molecule has 1 saturated heterocycles. The molecule has 1 aliphatic heterocycles. The van der Waals surface area contributed by atoms with Gasteiger partial charge in [0.1, 0.15) is 12.4 Å². The summed E-state index contributed by atoms with van der Waals surface area (Å²) in [4.78, 5) is 24.0. The van der Waals surface area contributed by atoms with Crippen LogP contribution in [0.1, 0.15) is 35.7 Å². The molecule has 166 valence electrons. The number of hydrogen-bond acceptors (Lipinski definition) is 5. The van der Waals surface area contributed by atoms with Crippen molar-refractivity contribution in [3.05, 3.63) is 90.0 Å². The lowest BCUT2D eigenvalue weighted by Crippen LogP contribution is -2.42. The molecule has 0 aliphatic carbocycles. The Morgan fingerprint density at radius 3 is 2.50 bits per heavy atom. The Morgan fingerprint density at radius 2 is 1.81 bits per heavy atom. The summed E-state index contributed by atoms with van der Waals surface area (Å²) in [6.45, 7) is 5.35. The van der Waals surface area contributed by atoms with E-state index in [0.29, 0.717) is 6.61 Å². The largest absolute Gasteiger partial charge is 0.492 e. The number of ether oxygens (including phenoxy) is 1. The van der Waals surface area contributed by atoms with Crippen molar-refractivity contribution in [1.82, 2.24) is 20.2 Å². The monoisotopic (exact) mass is 430 g/mol. The number of likely N-dealkylation sites (tertiary alicyclic amines) is 1. The maximum Gasteiger partial charge on any atom is 0.224 e. The van der Waals surface area contributed by atoms with Crippen LogP contribution in [-0.4, -0.2) is 47.0 Å². The first-order valence-electron chi connectivity index (χ1n) is 11.2. The van der Waals surface area contributed by atoms with Gasteiger partial charge in [-0.1, -0.05) is 35.9 Å². The van der Waals surface area contributed by atoms with Crippen molar-refractivity contribution in [3.8, 4) is 5.75 Å². The molecule has 1 N–H and O–H groups in total. The number of aromatic nitrogens is 2. The van der Waals surface area contributed by atoms with E-state index in [1.165, 1.54) is 5.56 Å². The molecule has 6 nitrogen and oxygen atoms in total. The summed E-state index contributed by atoms with van der Waals surface area (Å²) in [6.07, 6.45) is 6.94. The average molecular weight is 431 g/mol. The van der Waals surface area contributed by atoms with Crippen LogP contribution >= 0.6 is 0 Å². The molecule has 1 amide bonds. The van der Waals surface area contributed by atoms with Gasteiger partial charge in [-0.25, -0.2) is 0 Å². The van der Waals surface area contributed by atoms with E-state index in [9.17, 15) is 4.79 Å². The standard InChI is InChI=1S/C26H30N4O2/c1-20-5-7-21(8-6-20)25(24-4-2-3-13-28-24)29-26(31)22-11-16-30(17-12-22)18-19-32-23-9-14-27-15-10-23/h2-10,13-15,22,25H,11-12,16-19H2,1H3,(H,29,31)/t25-/m0/s1. The number of benzene rings is 1. The van der Waals surface area contributed by atoms with Gasteiger partial charge in [-0.05, 0) is 62.7 Å². The summed E-state index contributed by atoms with van der Waals surface area (Å²) in [6, 6.07) is 17.6. The van der Waals surface area contributed by atoms with Crippen molar-refractivity contribution in [2.45, 2.75) is 25.8 Å². The maximum absolute atomic E-state index is 13.1. The number of nitrogens with zero attached hydrogens (tertiary/aromatic N) is 3. The van der Waals surface area contributed by atoms with Crippen LogP contribution in [0.2, 0.25) is 0 Å². The van der Waals surface area contributed by atoms with Crippen molar-refractivity contribution in [3.63, 3.8) is 0 Å². The molecule has 0 bridgehead atoms. The number of piperidine rings is 1. The van der Waals surface area contributed by atoms with Crippen LogP contribution in [0.15, 0.2) is 73.2 Å². The second-order valence-electron chi connectivity index (χ2n) is 8.25. The van der Waals surface area contributed by atoms with Gasteiger partial charge in [-0.2, -0.15) is 0 Å². The Hall–Kier alpha value is -3.25. The molecule has 1 fully saturated rings. The van der Waals surface area contributed by atoms with Gasteiger partial charge in [0, 0.05) is 31.1 Å². The van der Waals surface area contributed by atoms with Crippen LogP contribution in [0, 0.1) is 12.8 Å². The van der Waals surface area contributed by atoms with Gasteiger partial charge < -0.3 is 10.1 Å². The minimum atomic E-state index is -0.240. The Labute approximate surface area is 189 Å². The molecule has 1 aliphatic rings. The van der Waals surface area contributed by atoms with E-state index < -0.39 is 0 Å². The van der Waals surface area contributed by atoms with Gasteiger partial charge in [0.2, 0.25) is 5.91 Å². The molecule has 4 rings (SSSR count). The van der Waals surface area contributed by atoms with Gasteiger partial charge in [-0.3, -0.25) is 19.7 Å². The first-order chi connectivity index (χ1) is 15.7. The first kappa shape index (κ1) is 22.0. The molecule has 2 aromatic heterocycles. The number of aryl methyl sites for hydroxylation is 1. The van der Waals surface area contributed by atoms with Crippen molar-refractivity contribution >= 4 is 5.91 Å². The third-order valence-electron chi connectivity index (χ3n) is 5.97. The van der Waals surface area contributed by atoms with Crippen LogP contribution < -0.4 is 10.1 Å². The minimum absolute atomic E-state index is 0.0176. The van der Waals surface area contributed by atoms with E-state index in [1.807, 2.05) is 30.3 Å². The molecule has 6 heteroatoms. The van der Waals surface area contributed by atoms with E-state index in [2.05, 4.69) is 51.4 Å². The molecule has 32 heavy (non-hydrogen) atoms. The summed E-state index contributed by atoms with van der Waals surface area (Å²) in [5.74, 6) is 0.962. The van der Waals surface area contributed by atoms with Crippen molar-refractivity contribution in [1.29, 1.82) is 0 Å². The van der Waals surface area contributed by atoms with Crippen LogP contribution in [0.4, 0.5) is 0 Å². The van der Waals surface area contributed by atoms with Gasteiger partial charge in [0.05, 0.1) is 11.7 Å². The predicted octanol–water partition coefficient (Wildman–Crippen LogP) is 3.78. The number of hydrogen-bond donors (Lipinski definition) is 1. The Balaban J connectivity index is 1.31. The van der Waals surface area contributed by atoms with Crippen molar-refractivity contribution in [2.24, 2.45) is 5.92 Å². The summed E-state index contributed by atoms with van der Waals surface area (Å²) in [5, 5.41) is 3.27. The quantitative estimate of drug-likeness (QED) is 0.589. The fourth-order valence-electron chi connectivity index (χ4n) is 4.04. The first-order valence-corrected chi connectivity index (χ1v) is 11.2. The summed E-state index contributed by atoms with van der Waals surface area (Å²) in [5.41, 5.74) is 3.10. The van der Waals surface area contributed by atoms with Crippen molar-refractivity contribution in [2.75, 3.05) is 26.2 Å². The number of pyridine rings is 2. The second-order valence-corrected chi connectivity index (χ2v) is 8.25. The number of rotatable bonds is 8. The zero-order chi connectivity index (χ0) is 22.2. The van der Waals surface area contributed by atoms with Crippen molar-refractivity contribution < 1.29 is 9.53 Å². The van der Waals surface area contributed by atoms with E-state index in [1.54, 1.807) is 18.6 Å². The highest BCUT2D eigenvalue weighted by Crippen LogP contribution is 2.24. The average Bonchev–Trinajstić information content (AvgIpc) is 2.85. The second kappa shape index (κ2) is 10.9. The molecule has 1 atom stereocenters. The predicted molar refractivity (Wildman–Crippen MR) is 124 cm³/mol. The highest BCUT2D eigenvalue weighted by Gasteiger charge is 2.27. The van der Waals surface area contributed by atoms with E-state index >= 15 is 0 Å². The van der Waals surface area contributed by atoms with E-state index in [-0.39, 0.29) is 17.9 Å². The molecule has 3 heterocycles. The van der Waals surface area contributed by atoms with Crippen LogP contribution in [0.5, 0.6) is 5.75 Å². The zero-order valence-electron chi connectivity index (χ0n) is 18.5.